The smallest absolute Gasteiger partial charge is 0.122 e. The van der Waals surface area contributed by atoms with E-state index in [0.717, 1.165) is 24.6 Å². The first-order valence-corrected chi connectivity index (χ1v) is 8.18. The monoisotopic (exact) mass is 275 g/mol. The molecule has 0 amide bonds. The molecule has 1 N–H and O–H groups in total. The van der Waals surface area contributed by atoms with Gasteiger partial charge in [0.25, 0.3) is 0 Å². The zero-order chi connectivity index (χ0) is 14.2. The van der Waals surface area contributed by atoms with Crippen molar-refractivity contribution in [1.82, 2.24) is 5.32 Å². The summed E-state index contributed by atoms with van der Waals surface area (Å²) in [5.74, 6) is 1.95. The zero-order valence-corrected chi connectivity index (χ0v) is 13.0. The molecule has 1 aliphatic carbocycles. The molecule has 0 saturated heterocycles. The summed E-state index contributed by atoms with van der Waals surface area (Å²) < 4.78 is 5.49. The Morgan fingerprint density at radius 3 is 2.65 bits per heavy atom. The Bertz CT molecular complexity index is 385. The van der Waals surface area contributed by atoms with Crippen LogP contribution in [0.15, 0.2) is 24.3 Å². The van der Waals surface area contributed by atoms with E-state index in [2.05, 4.69) is 30.4 Å². The van der Waals surface area contributed by atoms with Crippen LogP contribution in [0.1, 0.15) is 51.0 Å². The minimum atomic E-state index is 0.583. The van der Waals surface area contributed by atoms with E-state index in [-0.39, 0.29) is 0 Å². The number of methoxy groups -OCH3 is 1. The number of likely N-dealkylation sites (N-methyl/N-ethyl adjacent to an activating group) is 1. The van der Waals surface area contributed by atoms with Gasteiger partial charge in [0, 0.05) is 6.04 Å². The fourth-order valence-corrected chi connectivity index (χ4v) is 3.49. The van der Waals surface area contributed by atoms with E-state index in [4.69, 9.17) is 4.74 Å². The van der Waals surface area contributed by atoms with Crippen molar-refractivity contribution < 1.29 is 4.74 Å². The molecule has 112 valence electrons. The number of rotatable bonds is 7. The minimum Gasteiger partial charge on any atom is -0.496 e. The van der Waals surface area contributed by atoms with E-state index in [0.29, 0.717) is 6.04 Å². The summed E-state index contributed by atoms with van der Waals surface area (Å²) in [6.45, 7) is 3.25. The molecule has 2 heteroatoms. The number of nitrogens with one attached hydrogen (secondary N) is 1. The van der Waals surface area contributed by atoms with Gasteiger partial charge in [0.05, 0.1) is 7.11 Å². The molecule has 1 aromatic carbocycles. The van der Waals surface area contributed by atoms with Crippen LogP contribution < -0.4 is 10.1 Å². The highest BCUT2D eigenvalue weighted by Gasteiger charge is 2.19. The van der Waals surface area contributed by atoms with Crippen molar-refractivity contribution in [2.75, 3.05) is 13.7 Å². The second kappa shape index (κ2) is 8.31. The topological polar surface area (TPSA) is 21.3 Å². The van der Waals surface area contributed by atoms with Crippen LogP contribution in [0.2, 0.25) is 0 Å². The van der Waals surface area contributed by atoms with E-state index in [9.17, 15) is 0 Å². The van der Waals surface area contributed by atoms with E-state index < -0.39 is 0 Å². The summed E-state index contributed by atoms with van der Waals surface area (Å²) in [4.78, 5) is 0. The van der Waals surface area contributed by atoms with E-state index >= 15 is 0 Å². The third-order valence-corrected chi connectivity index (χ3v) is 4.49. The highest BCUT2D eigenvalue weighted by atomic mass is 16.5. The van der Waals surface area contributed by atoms with Crippen LogP contribution in [-0.4, -0.2) is 19.7 Å². The molecule has 20 heavy (non-hydrogen) atoms. The number of benzene rings is 1. The van der Waals surface area contributed by atoms with Crippen LogP contribution >= 0.6 is 0 Å². The third kappa shape index (κ3) is 4.52. The number of hydrogen-bond donors (Lipinski definition) is 1. The molecule has 0 bridgehead atoms. The second-order valence-corrected chi connectivity index (χ2v) is 6.01. The van der Waals surface area contributed by atoms with Gasteiger partial charge in [-0.05, 0) is 36.9 Å². The summed E-state index contributed by atoms with van der Waals surface area (Å²) in [6, 6.07) is 9.01. The van der Waals surface area contributed by atoms with Crippen LogP contribution in [0.5, 0.6) is 5.75 Å². The van der Waals surface area contributed by atoms with Crippen LogP contribution in [0.3, 0.4) is 0 Å². The molecule has 1 aromatic rings. The van der Waals surface area contributed by atoms with Gasteiger partial charge in [-0.3, -0.25) is 0 Å². The van der Waals surface area contributed by atoms with Gasteiger partial charge in [-0.15, -0.1) is 0 Å². The van der Waals surface area contributed by atoms with Crippen molar-refractivity contribution in [2.45, 2.75) is 57.9 Å². The quantitative estimate of drug-likeness (QED) is 0.806. The number of hydrogen-bond acceptors (Lipinski definition) is 2. The van der Waals surface area contributed by atoms with Gasteiger partial charge in [-0.2, -0.15) is 0 Å². The van der Waals surface area contributed by atoms with Crippen molar-refractivity contribution in [3.8, 4) is 5.75 Å². The second-order valence-electron chi connectivity index (χ2n) is 6.01. The predicted molar refractivity (Wildman–Crippen MR) is 85.4 cm³/mol. The maximum absolute atomic E-state index is 5.49. The van der Waals surface area contributed by atoms with Gasteiger partial charge >= 0.3 is 0 Å². The van der Waals surface area contributed by atoms with Crippen LogP contribution in [0, 0.1) is 5.92 Å². The third-order valence-electron chi connectivity index (χ3n) is 4.49. The Morgan fingerprint density at radius 1 is 1.20 bits per heavy atom. The summed E-state index contributed by atoms with van der Waals surface area (Å²) in [5.41, 5.74) is 1.33. The highest BCUT2D eigenvalue weighted by Crippen LogP contribution is 2.29. The van der Waals surface area contributed by atoms with Crippen molar-refractivity contribution in [1.29, 1.82) is 0 Å². The van der Waals surface area contributed by atoms with Crippen LogP contribution in [-0.2, 0) is 6.42 Å². The first-order valence-electron chi connectivity index (χ1n) is 8.18. The molecular weight excluding hydrogens is 246 g/mol. The lowest BCUT2D eigenvalue weighted by Gasteiger charge is -2.27. The molecule has 1 aliphatic rings. The zero-order valence-electron chi connectivity index (χ0n) is 13.0. The summed E-state index contributed by atoms with van der Waals surface area (Å²) in [6.07, 6.45) is 9.53. The molecule has 0 spiro atoms. The molecule has 1 fully saturated rings. The Labute approximate surface area is 123 Å². The Kier molecular flexibility index (Phi) is 6.38. The maximum atomic E-state index is 5.49. The average Bonchev–Trinajstić information content (AvgIpc) is 2.49. The summed E-state index contributed by atoms with van der Waals surface area (Å²) in [5, 5.41) is 3.67. The van der Waals surface area contributed by atoms with E-state index in [1.54, 1.807) is 7.11 Å². The van der Waals surface area contributed by atoms with Gasteiger partial charge in [0.2, 0.25) is 0 Å². The standard InChI is InChI=1S/C18H29NO/c1-3-19-17(13-15-9-5-4-6-10-15)14-16-11-7-8-12-18(16)20-2/h7-8,11-12,15,17,19H,3-6,9-10,13-14H2,1-2H3. The largest absolute Gasteiger partial charge is 0.496 e. The Balaban J connectivity index is 1.96. The van der Waals surface area contributed by atoms with Crippen molar-refractivity contribution in [3.63, 3.8) is 0 Å². The molecule has 2 nitrogen and oxygen atoms in total. The molecule has 0 radical (unpaired) electrons. The van der Waals surface area contributed by atoms with Gasteiger partial charge in [-0.1, -0.05) is 57.2 Å². The predicted octanol–water partition coefficient (Wildman–Crippen LogP) is 4.19. The maximum Gasteiger partial charge on any atom is 0.122 e. The number of para-hydroxylation sites is 1. The number of ether oxygens (including phenoxy) is 1. The molecule has 0 aliphatic heterocycles. The molecule has 1 atom stereocenters. The fraction of sp³-hybridized carbons (Fsp3) is 0.667. The average molecular weight is 275 g/mol. The van der Waals surface area contributed by atoms with Crippen molar-refractivity contribution >= 4 is 0 Å². The Morgan fingerprint density at radius 2 is 1.95 bits per heavy atom. The van der Waals surface area contributed by atoms with Gasteiger partial charge in [0.1, 0.15) is 5.75 Å². The first kappa shape index (κ1) is 15.4. The molecule has 2 rings (SSSR count). The summed E-state index contributed by atoms with van der Waals surface area (Å²) in [7, 11) is 1.77. The molecule has 0 aromatic heterocycles. The lowest BCUT2D eigenvalue weighted by Crippen LogP contribution is -2.33. The van der Waals surface area contributed by atoms with Crippen LogP contribution in [0.25, 0.3) is 0 Å². The molecule has 0 heterocycles. The highest BCUT2D eigenvalue weighted by molar-refractivity contribution is 5.33. The minimum absolute atomic E-state index is 0.583. The lowest BCUT2D eigenvalue weighted by molar-refractivity contribution is 0.297. The molecule has 1 unspecified atom stereocenters. The van der Waals surface area contributed by atoms with E-state index in [1.807, 2.05) is 6.07 Å². The fourth-order valence-electron chi connectivity index (χ4n) is 3.49. The van der Waals surface area contributed by atoms with Crippen molar-refractivity contribution in [3.05, 3.63) is 29.8 Å². The van der Waals surface area contributed by atoms with Crippen LogP contribution in [0.4, 0.5) is 0 Å². The first-order chi connectivity index (χ1) is 9.83. The normalized spacial score (nSPS) is 17.9. The van der Waals surface area contributed by atoms with E-state index in [1.165, 1.54) is 44.1 Å². The van der Waals surface area contributed by atoms with Gasteiger partial charge < -0.3 is 10.1 Å². The van der Waals surface area contributed by atoms with Gasteiger partial charge in [0.15, 0.2) is 0 Å². The molecular formula is C18H29NO. The SMILES string of the molecule is CCNC(Cc1ccccc1OC)CC1CCCCC1. The lowest BCUT2D eigenvalue weighted by atomic mass is 9.83. The molecule has 1 saturated carbocycles. The Hall–Kier alpha value is -1.02. The summed E-state index contributed by atoms with van der Waals surface area (Å²) >= 11 is 0. The van der Waals surface area contributed by atoms with Crippen molar-refractivity contribution in [2.24, 2.45) is 5.92 Å². The van der Waals surface area contributed by atoms with Gasteiger partial charge in [-0.25, -0.2) is 0 Å².